The molecule has 1 aromatic carbocycles. The average Bonchev–Trinajstić information content (AvgIpc) is 2.54. The summed E-state index contributed by atoms with van der Waals surface area (Å²) in [7, 11) is 1.68. The Kier molecular flexibility index (Phi) is 6.21. The van der Waals surface area contributed by atoms with Gasteiger partial charge in [-0.25, -0.2) is 0 Å². The van der Waals surface area contributed by atoms with Gasteiger partial charge in [0, 0.05) is 13.1 Å². The molecule has 0 aliphatic carbocycles. The van der Waals surface area contributed by atoms with Gasteiger partial charge in [0.2, 0.25) is 5.91 Å². The van der Waals surface area contributed by atoms with Gasteiger partial charge in [0.1, 0.15) is 5.75 Å². The van der Waals surface area contributed by atoms with Crippen molar-refractivity contribution in [2.75, 3.05) is 26.7 Å². The number of ether oxygens (including phenoxy) is 1. The molecule has 0 bridgehead atoms. The van der Waals surface area contributed by atoms with Crippen LogP contribution in [0.15, 0.2) is 24.3 Å². The lowest BCUT2D eigenvalue weighted by atomic mass is 9.96. The van der Waals surface area contributed by atoms with E-state index >= 15 is 0 Å². The Hall–Kier alpha value is -1.59. The van der Waals surface area contributed by atoms with E-state index in [0.717, 1.165) is 44.8 Å². The topological polar surface area (TPSA) is 67.6 Å². The van der Waals surface area contributed by atoms with Gasteiger partial charge in [0.05, 0.1) is 13.2 Å². The summed E-state index contributed by atoms with van der Waals surface area (Å²) in [6.07, 6.45) is 2.24. The van der Waals surface area contributed by atoms with Crippen LogP contribution < -0.4 is 15.8 Å². The van der Waals surface area contributed by atoms with Crippen LogP contribution >= 0.6 is 0 Å². The number of nitrogens with zero attached hydrogens (tertiary/aromatic N) is 1. The van der Waals surface area contributed by atoms with Gasteiger partial charge in [0.25, 0.3) is 0 Å². The maximum atomic E-state index is 11.5. The van der Waals surface area contributed by atoms with Gasteiger partial charge in [0.15, 0.2) is 0 Å². The molecule has 1 saturated heterocycles. The Labute approximate surface area is 132 Å². The van der Waals surface area contributed by atoms with Crippen molar-refractivity contribution in [2.24, 2.45) is 11.7 Å². The lowest BCUT2D eigenvalue weighted by Crippen LogP contribution is -2.43. The highest BCUT2D eigenvalue weighted by molar-refractivity contribution is 5.80. The Bertz CT molecular complexity index is 465. The lowest BCUT2D eigenvalue weighted by Gasteiger charge is -2.32. The Balaban J connectivity index is 1.71. The Morgan fingerprint density at radius 3 is 2.55 bits per heavy atom. The van der Waals surface area contributed by atoms with Gasteiger partial charge in [-0.05, 0) is 56.5 Å². The first-order valence-electron chi connectivity index (χ1n) is 7.97. The van der Waals surface area contributed by atoms with Crippen molar-refractivity contribution in [1.82, 2.24) is 10.2 Å². The molecule has 1 fully saturated rings. The van der Waals surface area contributed by atoms with Gasteiger partial charge in [-0.3, -0.25) is 9.69 Å². The van der Waals surface area contributed by atoms with Crippen molar-refractivity contribution in [1.29, 1.82) is 0 Å². The second kappa shape index (κ2) is 8.15. The first-order chi connectivity index (χ1) is 10.6. The largest absolute Gasteiger partial charge is 0.497 e. The number of amides is 1. The summed E-state index contributed by atoms with van der Waals surface area (Å²) < 4.78 is 5.18. The normalized spacial score (nSPS) is 18.0. The molecule has 0 radical (unpaired) electrons. The molecule has 5 heteroatoms. The molecule has 0 unspecified atom stereocenters. The number of nitrogens with one attached hydrogen (secondary N) is 1. The fraction of sp³-hybridized carbons (Fsp3) is 0.588. The number of methoxy groups -OCH3 is 1. The molecule has 1 atom stereocenters. The third-order valence-electron chi connectivity index (χ3n) is 4.25. The van der Waals surface area contributed by atoms with Gasteiger partial charge >= 0.3 is 0 Å². The number of likely N-dealkylation sites (tertiary alicyclic amines) is 1. The molecule has 0 aromatic heterocycles. The molecule has 5 nitrogen and oxygen atoms in total. The number of hydrogen-bond acceptors (Lipinski definition) is 4. The van der Waals surface area contributed by atoms with Crippen LogP contribution in [-0.2, 0) is 11.3 Å². The minimum Gasteiger partial charge on any atom is -0.497 e. The highest BCUT2D eigenvalue weighted by Gasteiger charge is 2.20. The average molecular weight is 305 g/mol. The zero-order valence-electron chi connectivity index (χ0n) is 13.5. The van der Waals surface area contributed by atoms with Crippen LogP contribution in [-0.4, -0.2) is 43.6 Å². The summed E-state index contributed by atoms with van der Waals surface area (Å²) in [6, 6.07) is 7.83. The summed E-state index contributed by atoms with van der Waals surface area (Å²) in [5.41, 5.74) is 6.86. The molecule has 22 heavy (non-hydrogen) atoms. The third kappa shape index (κ3) is 5.00. The van der Waals surface area contributed by atoms with E-state index in [0.29, 0.717) is 5.92 Å². The Morgan fingerprint density at radius 2 is 2.00 bits per heavy atom. The van der Waals surface area contributed by atoms with Crippen LogP contribution in [0.4, 0.5) is 0 Å². The maximum Gasteiger partial charge on any atom is 0.236 e. The van der Waals surface area contributed by atoms with Gasteiger partial charge in [-0.1, -0.05) is 12.1 Å². The highest BCUT2D eigenvalue weighted by atomic mass is 16.5. The third-order valence-corrected chi connectivity index (χ3v) is 4.25. The number of piperidine rings is 1. The number of rotatable bonds is 6. The minimum atomic E-state index is -0.421. The van der Waals surface area contributed by atoms with E-state index in [1.54, 1.807) is 14.0 Å². The number of carbonyl (C=O) groups is 1. The Morgan fingerprint density at radius 1 is 1.36 bits per heavy atom. The fourth-order valence-corrected chi connectivity index (χ4v) is 2.74. The summed E-state index contributed by atoms with van der Waals surface area (Å²) in [4.78, 5) is 14.0. The second-order valence-corrected chi connectivity index (χ2v) is 6.10. The molecule has 1 aromatic rings. The number of carbonyl (C=O) groups excluding carboxylic acids is 1. The zero-order chi connectivity index (χ0) is 15.9. The monoisotopic (exact) mass is 305 g/mol. The van der Waals surface area contributed by atoms with Crippen LogP contribution in [0.2, 0.25) is 0 Å². The van der Waals surface area contributed by atoms with Crippen molar-refractivity contribution >= 4 is 5.91 Å². The van der Waals surface area contributed by atoms with Crippen molar-refractivity contribution < 1.29 is 9.53 Å². The minimum absolute atomic E-state index is 0.0549. The van der Waals surface area contributed by atoms with Crippen LogP contribution in [0.5, 0.6) is 5.75 Å². The van der Waals surface area contributed by atoms with Crippen LogP contribution in [0.3, 0.4) is 0 Å². The number of nitrogens with two attached hydrogens (primary N) is 1. The van der Waals surface area contributed by atoms with E-state index in [1.807, 2.05) is 12.1 Å². The summed E-state index contributed by atoms with van der Waals surface area (Å²) >= 11 is 0. The van der Waals surface area contributed by atoms with E-state index in [2.05, 4.69) is 22.3 Å². The molecule has 1 heterocycles. The van der Waals surface area contributed by atoms with Gasteiger partial charge in [-0.2, -0.15) is 0 Å². The van der Waals surface area contributed by atoms with Crippen molar-refractivity contribution in [3.63, 3.8) is 0 Å². The van der Waals surface area contributed by atoms with E-state index in [9.17, 15) is 4.79 Å². The standard InChI is InChI=1S/C17H27N3O2/c1-13(18)17(21)19-11-14-7-9-20(10-8-14)12-15-3-5-16(22-2)6-4-15/h3-6,13-14H,7-12,18H2,1-2H3,(H,19,21)/t13-/m1/s1. The van der Waals surface area contributed by atoms with Crippen LogP contribution in [0, 0.1) is 5.92 Å². The summed E-state index contributed by atoms with van der Waals surface area (Å²) in [6.45, 7) is 5.59. The van der Waals surface area contributed by atoms with E-state index in [1.165, 1.54) is 5.56 Å². The molecular weight excluding hydrogens is 278 g/mol. The van der Waals surface area contributed by atoms with Gasteiger partial charge < -0.3 is 15.8 Å². The first kappa shape index (κ1) is 16.8. The molecule has 0 spiro atoms. The zero-order valence-corrected chi connectivity index (χ0v) is 13.5. The molecule has 1 aliphatic rings. The predicted molar refractivity (Wildman–Crippen MR) is 87.7 cm³/mol. The SMILES string of the molecule is COc1ccc(CN2CCC(CNC(=O)[C@@H](C)N)CC2)cc1. The van der Waals surface area contributed by atoms with Gasteiger partial charge in [-0.15, -0.1) is 0 Å². The van der Waals surface area contributed by atoms with Crippen molar-refractivity contribution in [3.8, 4) is 5.75 Å². The molecular formula is C17H27N3O2. The van der Waals surface area contributed by atoms with E-state index < -0.39 is 6.04 Å². The second-order valence-electron chi connectivity index (χ2n) is 6.10. The predicted octanol–water partition coefficient (Wildman–Crippen LogP) is 1.37. The maximum absolute atomic E-state index is 11.5. The quantitative estimate of drug-likeness (QED) is 0.833. The highest BCUT2D eigenvalue weighted by Crippen LogP contribution is 2.19. The van der Waals surface area contributed by atoms with E-state index in [4.69, 9.17) is 10.5 Å². The molecule has 1 aliphatic heterocycles. The fourth-order valence-electron chi connectivity index (χ4n) is 2.74. The molecule has 2 rings (SSSR count). The molecule has 122 valence electrons. The molecule has 0 saturated carbocycles. The van der Waals surface area contributed by atoms with Crippen LogP contribution in [0.1, 0.15) is 25.3 Å². The summed E-state index contributed by atoms with van der Waals surface area (Å²) in [5.74, 6) is 1.41. The van der Waals surface area contributed by atoms with Crippen molar-refractivity contribution in [2.45, 2.75) is 32.4 Å². The van der Waals surface area contributed by atoms with E-state index in [-0.39, 0.29) is 5.91 Å². The smallest absolute Gasteiger partial charge is 0.236 e. The summed E-state index contributed by atoms with van der Waals surface area (Å²) in [5, 5.41) is 2.93. The first-order valence-corrected chi connectivity index (χ1v) is 7.97. The molecule has 3 N–H and O–H groups in total. The van der Waals surface area contributed by atoms with Crippen LogP contribution in [0.25, 0.3) is 0 Å². The molecule has 1 amide bonds. The lowest BCUT2D eigenvalue weighted by molar-refractivity contribution is -0.122. The number of hydrogen-bond donors (Lipinski definition) is 2. The van der Waals surface area contributed by atoms with Crippen molar-refractivity contribution in [3.05, 3.63) is 29.8 Å². The number of benzene rings is 1.